The maximum absolute atomic E-state index is 5.09. The summed E-state index contributed by atoms with van der Waals surface area (Å²) in [6.07, 6.45) is 1.39. The van der Waals surface area contributed by atoms with E-state index in [0.29, 0.717) is 12.4 Å². The Morgan fingerprint density at radius 2 is 2.07 bits per heavy atom. The lowest BCUT2D eigenvalue weighted by atomic mass is 10.4. The third kappa shape index (κ3) is 3.38. The second kappa shape index (κ2) is 6.21. The Labute approximate surface area is 89.4 Å². The highest BCUT2D eigenvalue weighted by Crippen LogP contribution is 2.19. The molecule has 1 aromatic rings. The van der Waals surface area contributed by atoms with Crippen molar-refractivity contribution in [2.45, 2.75) is 6.29 Å². The maximum atomic E-state index is 5.09. The minimum Gasteiger partial charge on any atom is -0.480 e. The quantitative estimate of drug-likeness (QED) is 0.716. The molecule has 0 fully saturated rings. The fourth-order valence-electron chi connectivity index (χ4n) is 1.14. The molecule has 0 unspecified atom stereocenters. The maximum Gasteiger partial charge on any atom is 0.237 e. The third-order valence-corrected chi connectivity index (χ3v) is 1.95. The SMILES string of the molecule is COc1ncccc1NCC(OC)OC. The van der Waals surface area contributed by atoms with E-state index in [1.165, 1.54) is 0 Å². The van der Waals surface area contributed by atoms with Gasteiger partial charge in [0.1, 0.15) is 0 Å². The van der Waals surface area contributed by atoms with Gasteiger partial charge in [0.2, 0.25) is 5.88 Å². The summed E-state index contributed by atoms with van der Waals surface area (Å²) in [5, 5.41) is 3.13. The van der Waals surface area contributed by atoms with Crippen LogP contribution in [0, 0.1) is 0 Å². The molecule has 84 valence electrons. The van der Waals surface area contributed by atoms with Gasteiger partial charge in [0.25, 0.3) is 0 Å². The molecule has 0 aliphatic rings. The van der Waals surface area contributed by atoms with Gasteiger partial charge < -0.3 is 19.5 Å². The van der Waals surface area contributed by atoms with Crippen LogP contribution in [0.25, 0.3) is 0 Å². The van der Waals surface area contributed by atoms with E-state index in [0.717, 1.165) is 5.69 Å². The van der Waals surface area contributed by atoms with Crippen LogP contribution in [0.4, 0.5) is 5.69 Å². The van der Waals surface area contributed by atoms with E-state index in [1.54, 1.807) is 27.5 Å². The topological polar surface area (TPSA) is 52.6 Å². The smallest absolute Gasteiger partial charge is 0.237 e. The molecule has 1 N–H and O–H groups in total. The zero-order chi connectivity index (χ0) is 11.1. The lowest BCUT2D eigenvalue weighted by Gasteiger charge is -2.15. The number of hydrogen-bond donors (Lipinski definition) is 1. The van der Waals surface area contributed by atoms with E-state index in [4.69, 9.17) is 14.2 Å². The minimum atomic E-state index is -0.282. The molecule has 0 aromatic carbocycles. The molecule has 0 spiro atoms. The van der Waals surface area contributed by atoms with Crippen LogP contribution in [0.15, 0.2) is 18.3 Å². The van der Waals surface area contributed by atoms with Crippen molar-refractivity contribution in [2.75, 3.05) is 33.2 Å². The first-order valence-corrected chi connectivity index (χ1v) is 4.60. The van der Waals surface area contributed by atoms with Crippen molar-refractivity contribution in [3.63, 3.8) is 0 Å². The Balaban J connectivity index is 2.56. The fraction of sp³-hybridized carbons (Fsp3) is 0.500. The van der Waals surface area contributed by atoms with Gasteiger partial charge in [-0.1, -0.05) is 0 Å². The predicted octanol–water partition coefficient (Wildman–Crippen LogP) is 1.12. The van der Waals surface area contributed by atoms with Crippen molar-refractivity contribution in [1.29, 1.82) is 0 Å². The van der Waals surface area contributed by atoms with Gasteiger partial charge in [0.15, 0.2) is 6.29 Å². The summed E-state index contributed by atoms with van der Waals surface area (Å²) in [4.78, 5) is 4.06. The lowest BCUT2D eigenvalue weighted by Crippen LogP contribution is -2.23. The highest BCUT2D eigenvalue weighted by molar-refractivity contribution is 5.51. The van der Waals surface area contributed by atoms with Crippen LogP contribution in [0.2, 0.25) is 0 Å². The number of nitrogens with one attached hydrogen (secondary N) is 1. The molecule has 0 aliphatic heterocycles. The molecule has 1 heterocycles. The summed E-state index contributed by atoms with van der Waals surface area (Å²) in [6.45, 7) is 0.537. The molecule has 0 atom stereocenters. The molecular weight excluding hydrogens is 196 g/mol. The van der Waals surface area contributed by atoms with E-state index in [2.05, 4.69) is 10.3 Å². The summed E-state index contributed by atoms with van der Waals surface area (Å²) in [7, 11) is 4.77. The van der Waals surface area contributed by atoms with Gasteiger partial charge in [-0.05, 0) is 12.1 Å². The third-order valence-electron chi connectivity index (χ3n) is 1.95. The summed E-state index contributed by atoms with van der Waals surface area (Å²) < 4.78 is 15.2. The first-order chi connectivity index (χ1) is 7.31. The summed E-state index contributed by atoms with van der Waals surface area (Å²) >= 11 is 0. The molecule has 0 saturated heterocycles. The van der Waals surface area contributed by atoms with E-state index < -0.39 is 0 Å². The molecule has 0 aliphatic carbocycles. The zero-order valence-electron chi connectivity index (χ0n) is 9.19. The van der Waals surface area contributed by atoms with Crippen LogP contribution in [0.5, 0.6) is 5.88 Å². The molecular formula is C10H16N2O3. The molecule has 5 heteroatoms. The Kier molecular flexibility index (Phi) is 4.86. The molecule has 1 rings (SSSR count). The second-order valence-corrected chi connectivity index (χ2v) is 2.84. The Morgan fingerprint density at radius 3 is 2.67 bits per heavy atom. The molecule has 0 amide bonds. The Bertz CT molecular complexity index is 290. The van der Waals surface area contributed by atoms with Crippen LogP contribution in [0.1, 0.15) is 0 Å². The second-order valence-electron chi connectivity index (χ2n) is 2.84. The van der Waals surface area contributed by atoms with E-state index in [9.17, 15) is 0 Å². The van der Waals surface area contributed by atoms with E-state index in [1.807, 2.05) is 12.1 Å². The fourth-order valence-corrected chi connectivity index (χ4v) is 1.14. The van der Waals surface area contributed by atoms with Crippen molar-refractivity contribution >= 4 is 5.69 Å². The van der Waals surface area contributed by atoms with Gasteiger partial charge in [-0.25, -0.2) is 4.98 Å². The molecule has 0 radical (unpaired) electrons. The first-order valence-electron chi connectivity index (χ1n) is 4.60. The van der Waals surface area contributed by atoms with Crippen molar-refractivity contribution in [3.8, 4) is 5.88 Å². The molecule has 5 nitrogen and oxygen atoms in total. The summed E-state index contributed by atoms with van der Waals surface area (Å²) in [5.74, 6) is 0.559. The number of ether oxygens (including phenoxy) is 3. The van der Waals surface area contributed by atoms with Gasteiger partial charge in [0, 0.05) is 20.4 Å². The minimum absolute atomic E-state index is 0.282. The van der Waals surface area contributed by atoms with E-state index >= 15 is 0 Å². The molecule has 15 heavy (non-hydrogen) atoms. The van der Waals surface area contributed by atoms with Gasteiger partial charge in [0.05, 0.1) is 19.3 Å². The summed E-state index contributed by atoms with van der Waals surface area (Å²) in [6, 6.07) is 3.72. The van der Waals surface area contributed by atoms with Crippen molar-refractivity contribution in [1.82, 2.24) is 4.98 Å². The van der Waals surface area contributed by atoms with Crippen molar-refractivity contribution < 1.29 is 14.2 Å². The lowest BCUT2D eigenvalue weighted by molar-refractivity contribution is -0.0914. The van der Waals surface area contributed by atoms with Crippen LogP contribution in [0.3, 0.4) is 0 Å². The monoisotopic (exact) mass is 212 g/mol. The number of aromatic nitrogens is 1. The Morgan fingerprint density at radius 1 is 1.33 bits per heavy atom. The number of pyridine rings is 1. The van der Waals surface area contributed by atoms with Gasteiger partial charge in [-0.2, -0.15) is 0 Å². The number of rotatable bonds is 6. The Hall–Kier alpha value is -1.33. The van der Waals surface area contributed by atoms with Crippen molar-refractivity contribution in [2.24, 2.45) is 0 Å². The van der Waals surface area contributed by atoms with Crippen LogP contribution >= 0.6 is 0 Å². The molecule has 0 bridgehead atoms. The normalized spacial score (nSPS) is 10.4. The van der Waals surface area contributed by atoms with E-state index in [-0.39, 0.29) is 6.29 Å². The largest absolute Gasteiger partial charge is 0.480 e. The average Bonchev–Trinajstić information content (AvgIpc) is 2.31. The average molecular weight is 212 g/mol. The first kappa shape index (κ1) is 11.7. The standard InChI is InChI=1S/C10H16N2O3/c1-13-9(14-2)7-12-8-5-4-6-11-10(8)15-3/h4-6,9,12H,7H2,1-3H3. The predicted molar refractivity (Wildman–Crippen MR) is 57.1 cm³/mol. The van der Waals surface area contributed by atoms with Crippen LogP contribution in [-0.4, -0.2) is 39.1 Å². The number of anilines is 1. The highest BCUT2D eigenvalue weighted by Gasteiger charge is 2.07. The van der Waals surface area contributed by atoms with Crippen LogP contribution in [-0.2, 0) is 9.47 Å². The number of nitrogens with zero attached hydrogens (tertiary/aromatic N) is 1. The van der Waals surface area contributed by atoms with Gasteiger partial charge in [-0.15, -0.1) is 0 Å². The highest BCUT2D eigenvalue weighted by atomic mass is 16.7. The van der Waals surface area contributed by atoms with Crippen LogP contribution < -0.4 is 10.1 Å². The van der Waals surface area contributed by atoms with Crippen molar-refractivity contribution in [3.05, 3.63) is 18.3 Å². The molecule has 0 saturated carbocycles. The summed E-state index contributed by atoms with van der Waals surface area (Å²) in [5.41, 5.74) is 0.819. The molecule has 1 aromatic heterocycles. The number of hydrogen-bond acceptors (Lipinski definition) is 5. The van der Waals surface area contributed by atoms with Gasteiger partial charge in [-0.3, -0.25) is 0 Å². The number of methoxy groups -OCH3 is 3. The van der Waals surface area contributed by atoms with Gasteiger partial charge >= 0.3 is 0 Å². The zero-order valence-corrected chi connectivity index (χ0v) is 9.19.